The van der Waals surface area contributed by atoms with E-state index in [1.165, 1.54) is 47.9 Å². The second-order valence-corrected chi connectivity index (χ2v) is 22.0. The minimum atomic E-state index is -2.08. The van der Waals surface area contributed by atoms with Crippen LogP contribution < -0.4 is 47.8 Å². The zero-order valence-electron chi connectivity index (χ0n) is 40.7. The summed E-state index contributed by atoms with van der Waals surface area (Å²) >= 11 is 0. The summed E-state index contributed by atoms with van der Waals surface area (Å²) in [6, 6.07) is 27.3. The lowest BCUT2D eigenvalue weighted by atomic mass is 10.1. The van der Waals surface area contributed by atoms with Crippen molar-refractivity contribution in [3.05, 3.63) is 91.0 Å². The van der Waals surface area contributed by atoms with E-state index in [-0.39, 0.29) is 49.6 Å². The highest BCUT2D eigenvalue weighted by Gasteiger charge is 2.44. The number of amides is 5. The van der Waals surface area contributed by atoms with Gasteiger partial charge in [0.2, 0.25) is 29.5 Å². The fourth-order valence-electron chi connectivity index (χ4n) is 7.29. The van der Waals surface area contributed by atoms with Gasteiger partial charge in [0.25, 0.3) is 0 Å². The predicted octanol–water partition coefficient (Wildman–Crippen LogP) is 1.45. The van der Waals surface area contributed by atoms with Gasteiger partial charge in [0.1, 0.15) is 54.4 Å². The highest BCUT2D eigenvalue weighted by atomic mass is 33.1. The molecule has 0 aromatic heterocycles. The third-order valence-electron chi connectivity index (χ3n) is 10.9. The standard InChI is InChI=1S/C49H65N6O13PS2/c1-34(56)53-39(49(64)68-5)26-27-43(58)55-41(47(62)52-31-45(60)66-3)33-71-70-32-40(46(61)51-30-44(59)65-2)50-28-17-24-38(48(63)67-4)54-42(57)25-15-16-29-69(35-18-9-6-10-19-35,36-20-11-7-12-21-36)37-22-13-8-14-23-37/h6-14,18-23,38-41,50H,15-17,24-33H2,1-5H3,(H4-,51,52,53,54,55,56,57,58,61,62)/p+1. The Morgan fingerprint density at radius 2 is 0.944 bits per heavy atom. The summed E-state index contributed by atoms with van der Waals surface area (Å²) in [5.74, 6) is -5.41. The monoisotopic (exact) mass is 1040 g/mol. The van der Waals surface area contributed by atoms with Gasteiger partial charge in [0.15, 0.2) is 0 Å². The van der Waals surface area contributed by atoms with Crippen LogP contribution in [0.2, 0.25) is 0 Å². The topological polar surface area (TPSA) is 263 Å². The van der Waals surface area contributed by atoms with Gasteiger partial charge in [0, 0.05) is 31.3 Å². The van der Waals surface area contributed by atoms with E-state index >= 15 is 0 Å². The van der Waals surface area contributed by atoms with Gasteiger partial charge in [-0.2, -0.15) is 0 Å². The van der Waals surface area contributed by atoms with Crippen molar-refractivity contribution >= 4 is 98.2 Å². The number of hydrogen-bond donors (Lipinski definition) is 6. The van der Waals surface area contributed by atoms with E-state index < -0.39 is 92.0 Å². The molecule has 3 aromatic rings. The number of methoxy groups -OCH3 is 4. The molecule has 0 aliphatic rings. The Bertz CT molecular complexity index is 2100. The van der Waals surface area contributed by atoms with Gasteiger partial charge in [-0.1, -0.05) is 76.2 Å². The average Bonchev–Trinajstić information content (AvgIpc) is 3.39. The van der Waals surface area contributed by atoms with Crippen LogP contribution in [0.25, 0.3) is 0 Å². The number of ether oxygens (including phenoxy) is 4. The Morgan fingerprint density at radius 1 is 0.507 bits per heavy atom. The quantitative estimate of drug-likeness (QED) is 0.0170. The lowest BCUT2D eigenvalue weighted by Crippen LogP contribution is -2.50. The van der Waals surface area contributed by atoms with E-state index in [0.717, 1.165) is 37.6 Å². The van der Waals surface area contributed by atoms with Crippen molar-refractivity contribution in [1.29, 1.82) is 0 Å². The Kier molecular flexibility index (Phi) is 27.4. The first kappa shape index (κ1) is 59.3. The smallest absolute Gasteiger partial charge is 0.328 e. The number of unbranched alkanes of at least 4 members (excludes halogenated alkanes) is 1. The van der Waals surface area contributed by atoms with Crippen LogP contribution in [0.15, 0.2) is 91.0 Å². The van der Waals surface area contributed by atoms with Gasteiger partial charge in [-0.05, 0) is 75.0 Å². The van der Waals surface area contributed by atoms with Crippen molar-refractivity contribution in [2.45, 2.75) is 76.0 Å². The second kappa shape index (κ2) is 32.8. The van der Waals surface area contributed by atoms with E-state index in [1.807, 2.05) is 18.2 Å². The van der Waals surface area contributed by atoms with Gasteiger partial charge < -0.3 is 50.8 Å². The summed E-state index contributed by atoms with van der Waals surface area (Å²) in [5.41, 5.74) is 0. The first-order chi connectivity index (χ1) is 34.2. The normalized spacial score (nSPS) is 12.6. The van der Waals surface area contributed by atoms with Crippen LogP contribution in [0.3, 0.4) is 0 Å². The summed E-state index contributed by atoms with van der Waals surface area (Å²) < 4.78 is 19.0. The molecule has 3 aromatic carbocycles. The van der Waals surface area contributed by atoms with Crippen molar-refractivity contribution in [3.63, 3.8) is 0 Å². The SMILES string of the molecule is COC(=O)CNC(=O)C(CSSCC(NC(=O)CCC(NC(C)=O)C(=O)OC)C(=O)NCC(=O)OC)NCCCC(NC(=O)CCCC[P+](c1ccccc1)(c1ccccc1)c1ccccc1)C(=O)OC. The molecule has 22 heteroatoms. The summed E-state index contributed by atoms with van der Waals surface area (Å²) in [6.45, 7) is 0.537. The molecule has 0 radical (unpaired) electrons. The van der Waals surface area contributed by atoms with E-state index in [4.69, 9.17) is 9.47 Å². The molecule has 0 spiro atoms. The van der Waals surface area contributed by atoms with Gasteiger partial charge >= 0.3 is 23.9 Å². The van der Waals surface area contributed by atoms with Crippen molar-refractivity contribution in [2.24, 2.45) is 0 Å². The average molecular weight is 1040 g/mol. The van der Waals surface area contributed by atoms with Crippen LogP contribution in [0.4, 0.5) is 0 Å². The predicted molar refractivity (Wildman–Crippen MR) is 275 cm³/mol. The van der Waals surface area contributed by atoms with Crippen LogP contribution in [0, 0.1) is 0 Å². The third kappa shape index (κ3) is 20.7. The van der Waals surface area contributed by atoms with Crippen LogP contribution in [-0.4, -0.2) is 143 Å². The Balaban J connectivity index is 1.62. The van der Waals surface area contributed by atoms with Gasteiger partial charge in [-0.25, -0.2) is 9.59 Å². The number of nitrogens with one attached hydrogen (secondary N) is 6. The van der Waals surface area contributed by atoms with E-state index in [1.54, 1.807) is 0 Å². The molecular weight excluding hydrogens is 976 g/mol. The maximum Gasteiger partial charge on any atom is 0.328 e. The number of esters is 4. The maximum absolute atomic E-state index is 13.4. The van der Waals surface area contributed by atoms with Crippen molar-refractivity contribution in [3.8, 4) is 0 Å². The molecule has 0 aliphatic carbocycles. The molecule has 0 bridgehead atoms. The van der Waals surface area contributed by atoms with Crippen LogP contribution in [-0.2, 0) is 62.1 Å². The first-order valence-electron chi connectivity index (χ1n) is 22.9. The van der Waals surface area contributed by atoms with E-state index in [2.05, 4.69) is 114 Å². The maximum atomic E-state index is 13.4. The van der Waals surface area contributed by atoms with Crippen molar-refractivity contribution < 1.29 is 62.1 Å². The van der Waals surface area contributed by atoms with E-state index in [0.29, 0.717) is 12.8 Å². The zero-order chi connectivity index (χ0) is 52.0. The van der Waals surface area contributed by atoms with Gasteiger partial charge in [-0.15, -0.1) is 0 Å². The minimum absolute atomic E-state index is 0.0396. The molecule has 4 unspecified atom stereocenters. The fourth-order valence-corrected chi connectivity index (χ4v) is 14.1. The molecule has 4 atom stereocenters. The van der Waals surface area contributed by atoms with Gasteiger partial charge in [0.05, 0.1) is 40.6 Å². The van der Waals surface area contributed by atoms with Crippen molar-refractivity contribution in [2.75, 3.05) is 65.7 Å². The molecule has 0 saturated heterocycles. The molecule has 0 aliphatic heterocycles. The lowest BCUT2D eigenvalue weighted by Gasteiger charge is -2.27. The highest BCUT2D eigenvalue weighted by Crippen LogP contribution is 2.56. The number of hydrogen-bond acceptors (Lipinski definition) is 16. The molecule has 0 fully saturated rings. The van der Waals surface area contributed by atoms with Crippen molar-refractivity contribution in [1.82, 2.24) is 31.9 Å². The molecule has 3 rings (SSSR count). The second-order valence-electron chi connectivity index (χ2n) is 15.9. The number of carbonyl (C=O) groups is 9. The molecule has 19 nitrogen and oxygen atoms in total. The first-order valence-corrected chi connectivity index (χ1v) is 27.4. The fraction of sp³-hybridized carbons (Fsp3) is 0.449. The highest BCUT2D eigenvalue weighted by molar-refractivity contribution is 8.76. The zero-order valence-corrected chi connectivity index (χ0v) is 43.3. The molecule has 71 heavy (non-hydrogen) atoms. The largest absolute Gasteiger partial charge is 0.468 e. The Morgan fingerprint density at radius 3 is 1.41 bits per heavy atom. The number of benzene rings is 3. The molecule has 6 N–H and O–H groups in total. The summed E-state index contributed by atoms with van der Waals surface area (Å²) in [6.07, 6.45) is 2.46. The summed E-state index contributed by atoms with van der Waals surface area (Å²) in [5, 5.41) is 19.6. The summed E-state index contributed by atoms with van der Waals surface area (Å²) in [4.78, 5) is 113. The van der Waals surface area contributed by atoms with E-state index in [9.17, 15) is 43.2 Å². The summed E-state index contributed by atoms with van der Waals surface area (Å²) in [7, 11) is 4.92. The van der Waals surface area contributed by atoms with Crippen LogP contribution in [0.5, 0.6) is 0 Å². The van der Waals surface area contributed by atoms with Gasteiger partial charge in [-0.3, -0.25) is 33.6 Å². The minimum Gasteiger partial charge on any atom is -0.468 e. The Hall–Kier alpha value is -6.02. The number of rotatable bonds is 32. The lowest BCUT2D eigenvalue weighted by molar-refractivity contribution is -0.145. The Labute approximate surface area is 423 Å². The van der Waals surface area contributed by atoms with Crippen LogP contribution >= 0.6 is 28.9 Å². The molecule has 386 valence electrons. The molecular formula is C49H66N6O13PS2+. The molecule has 0 heterocycles. The molecule has 5 amide bonds. The third-order valence-corrected chi connectivity index (χ3v) is 17.9. The number of carbonyl (C=O) groups excluding carboxylic acids is 9. The van der Waals surface area contributed by atoms with Crippen LogP contribution in [0.1, 0.15) is 51.9 Å². The molecule has 0 saturated carbocycles.